The van der Waals surface area contributed by atoms with E-state index >= 15 is 0 Å². The van der Waals surface area contributed by atoms with Gasteiger partial charge in [-0.05, 0) is 43.7 Å². The lowest BCUT2D eigenvalue weighted by Crippen LogP contribution is -2.43. The summed E-state index contributed by atoms with van der Waals surface area (Å²) in [6.45, 7) is 4.44. The van der Waals surface area contributed by atoms with Crippen LogP contribution in [0.1, 0.15) is 19.4 Å². The summed E-state index contributed by atoms with van der Waals surface area (Å²) in [6, 6.07) is 5.62. The molecular weight excluding hydrogens is 342 g/mol. The average molecular weight is 364 g/mol. The minimum absolute atomic E-state index is 0.141. The van der Waals surface area contributed by atoms with Crippen LogP contribution in [0.5, 0.6) is 5.75 Å². The number of methoxy groups -OCH3 is 1. The number of benzene rings is 1. The Balaban J connectivity index is 3.04. The summed E-state index contributed by atoms with van der Waals surface area (Å²) in [5, 5.41) is 2.81. The maximum Gasteiger partial charge on any atom is 0.151 e. The van der Waals surface area contributed by atoms with Crippen LogP contribution < -0.4 is 10.1 Å². The van der Waals surface area contributed by atoms with Gasteiger partial charge in [-0.1, -0.05) is 22.9 Å². The molecule has 0 bridgehead atoms. The third kappa shape index (κ3) is 4.75. The fourth-order valence-corrected chi connectivity index (χ4v) is 3.31. The third-order valence-electron chi connectivity index (χ3n) is 3.39. The second-order valence-corrected chi connectivity index (χ2v) is 8.18. The van der Waals surface area contributed by atoms with E-state index in [1.165, 1.54) is 6.26 Å². The van der Waals surface area contributed by atoms with Gasteiger partial charge in [0.25, 0.3) is 0 Å². The van der Waals surface area contributed by atoms with E-state index in [-0.39, 0.29) is 6.04 Å². The first kappa shape index (κ1) is 17.5. The minimum Gasteiger partial charge on any atom is -0.496 e. The zero-order chi connectivity index (χ0) is 15.3. The molecule has 1 aromatic carbocycles. The van der Waals surface area contributed by atoms with Crippen LogP contribution in [0.15, 0.2) is 22.7 Å². The van der Waals surface area contributed by atoms with E-state index in [9.17, 15) is 8.42 Å². The molecule has 0 saturated heterocycles. The molecule has 0 heterocycles. The van der Waals surface area contributed by atoms with Crippen molar-refractivity contribution in [2.75, 3.05) is 19.9 Å². The smallest absolute Gasteiger partial charge is 0.151 e. The normalized spacial score (nSPS) is 14.8. The lowest BCUT2D eigenvalue weighted by molar-refractivity contribution is 0.403. The molecule has 0 aliphatic carbocycles. The zero-order valence-corrected chi connectivity index (χ0v) is 14.7. The van der Waals surface area contributed by atoms with Crippen molar-refractivity contribution in [2.45, 2.75) is 31.6 Å². The third-order valence-corrected chi connectivity index (χ3v) is 5.56. The van der Waals surface area contributed by atoms with Gasteiger partial charge in [-0.2, -0.15) is 0 Å². The van der Waals surface area contributed by atoms with E-state index in [0.29, 0.717) is 6.42 Å². The minimum atomic E-state index is -3.09. The molecule has 0 aliphatic rings. The molecule has 0 saturated carbocycles. The molecule has 2 unspecified atom stereocenters. The van der Waals surface area contributed by atoms with E-state index in [1.807, 2.05) is 25.1 Å². The van der Waals surface area contributed by atoms with Gasteiger partial charge >= 0.3 is 0 Å². The van der Waals surface area contributed by atoms with E-state index in [2.05, 4.69) is 21.2 Å². The van der Waals surface area contributed by atoms with Crippen LogP contribution in [0.3, 0.4) is 0 Å². The highest BCUT2D eigenvalue weighted by molar-refractivity contribution is 9.10. The number of halogens is 1. The first-order valence-corrected chi connectivity index (χ1v) is 9.29. The van der Waals surface area contributed by atoms with Crippen LogP contribution in [-0.4, -0.2) is 39.6 Å². The monoisotopic (exact) mass is 363 g/mol. The Morgan fingerprint density at radius 2 is 2.05 bits per heavy atom. The van der Waals surface area contributed by atoms with Gasteiger partial charge in [-0.15, -0.1) is 0 Å². The van der Waals surface area contributed by atoms with Crippen LogP contribution >= 0.6 is 15.9 Å². The highest BCUT2D eigenvalue weighted by Gasteiger charge is 2.26. The summed E-state index contributed by atoms with van der Waals surface area (Å²) in [4.78, 5) is 0. The molecule has 0 spiro atoms. The highest BCUT2D eigenvalue weighted by Crippen LogP contribution is 2.25. The number of ether oxygens (including phenoxy) is 1. The SMILES string of the molecule is CCNC(Cc1cc(Br)ccc1OC)C(C)S(C)(=O)=O. The molecule has 0 aliphatic heterocycles. The summed E-state index contributed by atoms with van der Waals surface area (Å²) in [7, 11) is -1.47. The van der Waals surface area contributed by atoms with Gasteiger partial charge in [-0.25, -0.2) is 8.42 Å². The molecule has 2 atom stereocenters. The molecule has 1 rings (SSSR count). The largest absolute Gasteiger partial charge is 0.496 e. The summed E-state index contributed by atoms with van der Waals surface area (Å²) in [5.41, 5.74) is 0.989. The quantitative estimate of drug-likeness (QED) is 0.807. The molecule has 1 aromatic rings. The van der Waals surface area contributed by atoms with Crippen molar-refractivity contribution < 1.29 is 13.2 Å². The van der Waals surface area contributed by atoms with Gasteiger partial charge in [-0.3, -0.25) is 0 Å². The number of rotatable bonds is 7. The Hall–Kier alpha value is -0.590. The first-order valence-electron chi connectivity index (χ1n) is 6.54. The molecule has 0 radical (unpaired) electrons. The Morgan fingerprint density at radius 1 is 1.40 bits per heavy atom. The second kappa shape index (κ2) is 7.43. The fourth-order valence-electron chi connectivity index (χ4n) is 2.11. The van der Waals surface area contributed by atoms with Crippen LogP contribution in [-0.2, 0) is 16.3 Å². The predicted molar refractivity (Wildman–Crippen MR) is 86.2 cm³/mol. The molecule has 0 amide bonds. The number of likely N-dealkylation sites (N-methyl/N-ethyl adjacent to an activating group) is 1. The first-order chi connectivity index (χ1) is 9.29. The van der Waals surface area contributed by atoms with Gasteiger partial charge in [0.05, 0.1) is 12.4 Å². The maximum absolute atomic E-state index is 11.8. The van der Waals surface area contributed by atoms with Gasteiger partial charge in [0.1, 0.15) is 5.75 Å². The fraction of sp³-hybridized carbons (Fsp3) is 0.571. The molecule has 6 heteroatoms. The van der Waals surface area contributed by atoms with Crippen molar-refractivity contribution in [1.82, 2.24) is 5.32 Å². The van der Waals surface area contributed by atoms with Crippen LogP contribution in [0.2, 0.25) is 0 Å². The second-order valence-electron chi connectivity index (χ2n) is 4.86. The highest BCUT2D eigenvalue weighted by atomic mass is 79.9. The maximum atomic E-state index is 11.8. The van der Waals surface area contributed by atoms with Crippen molar-refractivity contribution in [2.24, 2.45) is 0 Å². The molecule has 114 valence electrons. The van der Waals surface area contributed by atoms with Crippen molar-refractivity contribution in [3.63, 3.8) is 0 Å². The Morgan fingerprint density at radius 3 is 2.55 bits per heavy atom. The topological polar surface area (TPSA) is 55.4 Å². The number of nitrogens with one attached hydrogen (secondary N) is 1. The van der Waals surface area contributed by atoms with E-state index < -0.39 is 15.1 Å². The summed E-state index contributed by atoms with van der Waals surface area (Å²) >= 11 is 3.44. The molecule has 20 heavy (non-hydrogen) atoms. The number of hydrogen-bond acceptors (Lipinski definition) is 4. The Kier molecular flexibility index (Phi) is 6.48. The Labute approximate surface area is 130 Å². The van der Waals surface area contributed by atoms with E-state index in [0.717, 1.165) is 22.3 Å². The van der Waals surface area contributed by atoms with Crippen molar-refractivity contribution in [3.8, 4) is 5.75 Å². The summed E-state index contributed by atoms with van der Waals surface area (Å²) < 4.78 is 29.9. The van der Waals surface area contributed by atoms with Crippen molar-refractivity contribution in [3.05, 3.63) is 28.2 Å². The number of sulfone groups is 1. The van der Waals surface area contributed by atoms with Crippen LogP contribution in [0.4, 0.5) is 0 Å². The molecule has 1 N–H and O–H groups in total. The average Bonchev–Trinajstić information content (AvgIpc) is 2.36. The molecular formula is C14H22BrNO3S. The zero-order valence-electron chi connectivity index (χ0n) is 12.3. The lowest BCUT2D eigenvalue weighted by Gasteiger charge is -2.24. The van der Waals surface area contributed by atoms with Crippen molar-refractivity contribution in [1.29, 1.82) is 0 Å². The van der Waals surface area contributed by atoms with Gasteiger partial charge < -0.3 is 10.1 Å². The predicted octanol–water partition coefficient (Wildman–Crippen LogP) is 2.41. The van der Waals surface area contributed by atoms with Gasteiger partial charge in [0.15, 0.2) is 9.84 Å². The van der Waals surface area contributed by atoms with Crippen molar-refractivity contribution >= 4 is 25.8 Å². The summed E-state index contributed by atoms with van der Waals surface area (Å²) in [6.07, 6.45) is 1.88. The lowest BCUT2D eigenvalue weighted by atomic mass is 10.0. The van der Waals surface area contributed by atoms with Gasteiger partial charge in [0, 0.05) is 16.8 Å². The standard InChI is InChI=1S/C14H22BrNO3S/c1-5-16-13(10(2)20(4,17)18)9-11-8-12(15)6-7-14(11)19-3/h6-8,10,13,16H,5,9H2,1-4H3. The molecule has 4 nitrogen and oxygen atoms in total. The number of hydrogen-bond donors (Lipinski definition) is 1. The summed E-state index contributed by atoms with van der Waals surface area (Å²) in [5.74, 6) is 0.775. The van der Waals surface area contributed by atoms with Crippen LogP contribution in [0, 0.1) is 0 Å². The van der Waals surface area contributed by atoms with E-state index in [4.69, 9.17) is 4.74 Å². The molecule has 0 fully saturated rings. The molecule has 0 aromatic heterocycles. The van der Waals surface area contributed by atoms with E-state index in [1.54, 1.807) is 14.0 Å². The Bertz CT molecular complexity index is 545. The van der Waals surface area contributed by atoms with Crippen LogP contribution in [0.25, 0.3) is 0 Å². The van der Waals surface area contributed by atoms with Gasteiger partial charge in [0.2, 0.25) is 0 Å².